The zero-order valence-corrected chi connectivity index (χ0v) is 13.8. The summed E-state index contributed by atoms with van der Waals surface area (Å²) in [6.45, 7) is 0. The number of alkyl halides is 9. The maximum Gasteiger partial charge on any atom is 0.416 e. The van der Waals surface area contributed by atoms with E-state index in [0.29, 0.717) is 12.1 Å². The predicted octanol–water partition coefficient (Wildman–Crippen LogP) is 5.95. The van der Waals surface area contributed by atoms with Gasteiger partial charge in [0.1, 0.15) is 5.75 Å². The van der Waals surface area contributed by atoms with Gasteiger partial charge in [-0.05, 0) is 30.3 Å². The monoisotopic (exact) mass is 432 g/mol. The molecule has 0 spiro atoms. The zero-order valence-electron chi connectivity index (χ0n) is 13.8. The Kier molecular flexibility index (Phi) is 5.77. The minimum atomic E-state index is -5.21. The summed E-state index contributed by atoms with van der Waals surface area (Å²) in [5, 5.41) is 9.19. The highest BCUT2D eigenvalue weighted by Crippen LogP contribution is 2.39. The average molecular weight is 432 g/mol. The number of carboxylic acid groups (broad SMARTS) is 1. The highest BCUT2D eigenvalue weighted by atomic mass is 19.4. The normalized spacial score (nSPS) is 13.8. The highest BCUT2D eigenvalue weighted by Gasteiger charge is 2.38. The van der Waals surface area contributed by atoms with E-state index in [0.717, 1.165) is 12.1 Å². The Morgan fingerprint density at radius 3 is 1.66 bits per heavy atom. The topological polar surface area (TPSA) is 46.5 Å². The van der Waals surface area contributed by atoms with E-state index in [-0.39, 0.29) is 18.2 Å². The number of carboxylic acids is 1. The molecule has 0 aliphatic carbocycles. The van der Waals surface area contributed by atoms with Crippen molar-refractivity contribution < 1.29 is 54.2 Å². The van der Waals surface area contributed by atoms with E-state index >= 15 is 0 Å². The van der Waals surface area contributed by atoms with E-state index in [1.807, 2.05) is 0 Å². The van der Waals surface area contributed by atoms with Gasteiger partial charge in [-0.15, -0.1) is 0 Å². The van der Waals surface area contributed by atoms with Gasteiger partial charge in [0.05, 0.1) is 16.7 Å². The first-order chi connectivity index (χ1) is 13.1. The zero-order chi connectivity index (χ0) is 22.2. The first-order valence-electron chi connectivity index (χ1n) is 7.45. The quantitative estimate of drug-likeness (QED) is 0.608. The van der Waals surface area contributed by atoms with Gasteiger partial charge in [0, 0.05) is 5.56 Å². The molecule has 2 rings (SSSR count). The van der Waals surface area contributed by atoms with Crippen LogP contribution in [-0.2, 0) is 23.3 Å². The lowest BCUT2D eigenvalue weighted by molar-refractivity contribution is -0.146. The summed E-state index contributed by atoms with van der Waals surface area (Å²) in [7, 11) is 0. The van der Waals surface area contributed by atoms with Crippen LogP contribution in [-0.4, -0.2) is 11.1 Å². The number of benzene rings is 2. The SMILES string of the molecule is O=C(O)C(Oc1cc(C(F)(F)F)cc(C(F)(F)F)c1)c1cccc(C(F)(F)F)c1. The van der Waals surface area contributed by atoms with Crippen LogP contribution in [0, 0.1) is 0 Å². The van der Waals surface area contributed by atoms with Crippen LogP contribution in [0.2, 0.25) is 0 Å². The molecule has 158 valence electrons. The molecular formula is C17H9F9O3. The molecule has 0 saturated carbocycles. The Bertz CT molecular complexity index is 866. The van der Waals surface area contributed by atoms with Crippen LogP contribution < -0.4 is 4.74 Å². The van der Waals surface area contributed by atoms with Crippen molar-refractivity contribution in [1.29, 1.82) is 0 Å². The summed E-state index contributed by atoms with van der Waals surface area (Å²) in [6, 6.07) is 2.73. The van der Waals surface area contributed by atoms with Crippen LogP contribution in [0.25, 0.3) is 0 Å². The third-order valence-corrected chi connectivity index (χ3v) is 3.56. The number of rotatable bonds is 4. The molecule has 2 aromatic carbocycles. The minimum absolute atomic E-state index is 0.124. The fraction of sp³-hybridized carbons (Fsp3) is 0.235. The van der Waals surface area contributed by atoms with Crippen molar-refractivity contribution in [2.45, 2.75) is 24.6 Å². The molecule has 0 aromatic heterocycles. The Labute approximate surface area is 156 Å². The molecule has 12 heteroatoms. The lowest BCUT2D eigenvalue weighted by atomic mass is 10.0. The van der Waals surface area contributed by atoms with E-state index in [2.05, 4.69) is 0 Å². The van der Waals surface area contributed by atoms with Gasteiger partial charge < -0.3 is 9.84 Å². The first kappa shape index (κ1) is 22.4. The summed E-state index contributed by atoms with van der Waals surface area (Å²) in [6.07, 6.45) is -17.6. The highest BCUT2D eigenvalue weighted by molar-refractivity contribution is 5.75. The van der Waals surface area contributed by atoms with Gasteiger partial charge in [0.15, 0.2) is 0 Å². The molecule has 1 atom stereocenters. The third kappa shape index (κ3) is 5.55. The Morgan fingerprint density at radius 1 is 0.759 bits per heavy atom. The summed E-state index contributed by atoms with van der Waals surface area (Å²) in [4.78, 5) is 11.4. The van der Waals surface area contributed by atoms with Gasteiger partial charge >= 0.3 is 24.5 Å². The number of halogens is 9. The molecule has 0 saturated heterocycles. The predicted molar refractivity (Wildman–Crippen MR) is 78.9 cm³/mol. The van der Waals surface area contributed by atoms with Crippen molar-refractivity contribution in [3.05, 3.63) is 64.7 Å². The van der Waals surface area contributed by atoms with Gasteiger partial charge in [-0.1, -0.05) is 12.1 Å². The summed E-state index contributed by atoms with van der Waals surface area (Å²) < 4.78 is 120. The maximum atomic E-state index is 12.9. The second-order valence-electron chi connectivity index (χ2n) is 5.70. The van der Waals surface area contributed by atoms with Crippen molar-refractivity contribution in [1.82, 2.24) is 0 Å². The molecule has 0 radical (unpaired) electrons. The second kappa shape index (κ2) is 7.48. The minimum Gasteiger partial charge on any atom is -0.478 e. The molecule has 0 amide bonds. The van der Waals surface area contributed by atoms with Crippen molar-refractivity contribution >= 4 is 5.97 Å². The average Bonchev–Trinajstić information content (AvgIpc) is 2.57. The van der Waals surface area contributed by atoms with Crippen molar-refractivity contribution in [3.8, 4) is 5.75 Å². The third-order valence-electron chi connectivity index (χ3n) is 3.56. The van der Waals surface area contributed by atoms with Gasteiger partial charge in [0.25, 0.3) is 0 Å². The molecule has 29 heavy (non-hydrogen) atoms. The van der Waals surface area contributed by atoms with Crippen LogP contribution in [0.4, 0.5) is 39.5 Å². The molecule has 0 aliphatic rings. The maximum absolute atomic E-state index is 12.9. The van der Waals surface area contributed by atoms with Crippen LogP contribution in [0.1, 0.15) is 28.4 Å². The molecule has 2 aromatic rings. The largest absolute Gasteiger partial charge is 0.478 e. The summed E-state index contributed by atoms with van der Waals surface area (Å²) >= 11 is 0. The van der Waals surface area contributed by atoms with Crippen molar-refractivity contribution in [2.75, 3.05) is 0 Å². The Hall–Kier alpha value is -2.92. The second-order valence-corrected chi connectivity index (χ2v) is 5.70. The number of hydrogen-bond donors (Lipinski definition) is 1. The van der Waals surface area contributed by atoms with Crippen LogP contribution in [0.3, 0.4) is 0 Å². The fourth-order valence-electron chi connectivity index (χ4n) is 2.27. The molecule has 1 N–H and O–H groups in total. The Morgan fingerprint density at radius 2 is 1.24 bits per heavy atom. The molecule has 0 bridgehead atoms. The lowest BCUT2D eigenvalue weighted by Gasteiger charge is -2.19. The van der Waals surface area contributed by atoms with Crippen molar-refractivity contribution in [3.63, 3.8) is 0 Å². The number of ether oxygens (including phenoxy) is 1. The van der Waals surface area contributed by atoms with E-state index in [1.165, 1.54) is 0 Å². The summed E-state index contributed by atoms with van der Waals surface area (Å²) in [5.74, 6) is -3.05. The van der Waals surface area contributed by atoms with Gasteiger partial charge in [-0.2, -0.15) is 39.5 Å². The molecule has 1 unspecified atom stereocenters. The van der Waals surface area contributed by atoms with E-state index in [1.54, 1.807) is 0 Å². The molecule has 0 heterocycles. The van der Waals surface area contributed by atoms with Crippen LogP contribution in [0.5, 0.6) is 5.75 Å². The number of aliphatic carboxylic acids is 1. The molecule has 0 aliphatic heterocycles. The standard InChI is InChI=1S/C17H9F9O3/c18-15(19,20)9-3-1-2-8(4-9)13(14(27)28)29-12-6-10(16(21,22)23)5-11(7-12)17(24,25)26/h1-7,13H,(H,27,28). The van der Waals surface area contributed by atoms with E-state index in [9.17, 15) is 49.4 Å². The van der Waals surface area contributed by atoms with Crippen LogP contribution >= 0.6 is 0 Å². The van der Waals surface area contributed by atoms with Gasteiger partial charge in [0.2, 0.25) is 6.10 Å². The van der Waals surface area contributed by atoms with Gasteiger partial charge in [-0.25, -0.2) is 4.79 Å². The molecular weight excluding hydrogens is 423 g/mol. The lowest BCUT2D eigenvalue weighted by Crippen LogP contribution is -2.20. The van der Waals surface area contributed by atoms with Crippen molar-refractivity contribution in [2.24, 2.45) is 0 Å². The van der Waals surface area contributed by atoms with Crippen LogP contribution in [0.15, 0.2) is 42.5 Å². The number of carbonyl (C=O) groups is 1. The van der Waals surface area contributed by atoms with E-state index < -0.39 is 58.6 Å². The van der Waals surface area contributed by atoms with Gasteiger partial charge in [-0.3, -0.25) is 0 Å². The Balaban J connectivity index is 2.52. The first-order valence-corrected chi connectivity index (χ1v) is 7.45. The number of hydrogen-bond acceptors (Lipinski definition) is 2. The fourth-order valence-corrected chi connectivity index (χ4v) is 2.27. The summed E-state index contributed by atoms with van der Waals surface area (Å²) in [5.41, 5.74) is -5.44. The molecule has 0 fully saturated rings. The smallest absolute Gasteiger partial charge is 0.416 e. The van der Waals surface area contributed by atoms with E-state index in [4.69, 9.17) is 4.74 Å². The molecule has 3 nitrogen and oxygen atoms in total.